The third kappa shape index (κ3) is 4.51. The Labute approximate surface area is 155 Å². The van der Waals surface area contributed by atoms with Crippen LogP contribution in [0.25, 0.3) is 5.69 Å². The Hall–Kier alpha value is -2.18. The van der Waals surface area contributed by atoms with Gasteiger partial charge in [0.05, 0.1) is 23.3 Å². The fourth-order valence-corrected chi connectivity index (χ4v) is 3.58. The summed E-state index contributed by atoms with van der Waals surface area (Å²) in [7, 11) is 6.20. The highest BCUT2D eigenvalue weighted by Gasteiger charge is 2.20. The summed E-state index contributed by atoms with van der Waals surface area (Å²) in [6, 6.07) is 8.28. The van der Waals surface area contributed by atoms with E-state index in [1.165, 1.54) is 12.8 Å². The average molecular weight is 355 g/mol. The number of aromatic nitrogens is 2. The largest absolute Gasteiger partial charge is 0.352 e. The molecule has 1 aliphatic rings. The van der Waals surface area contributed by atoms with E-state index in [1.54, 1.807) is 6.33 Å². The van der Waals surface area contributed by atoms with E-state index in [4.69, 9.17) is 0 Å². The van der Waals surface area contributed by atoms with Crippen molar-refractivity contribution in [3.8, 4) is 5.69 Å². The van der Waals surface area contributed by atoms with E-state index in [0.29, 0.717) is 18.2 Å². The first kappa shape index (κ1) is 18.6. The van der Waals surface area contributed by atoms with Crippen molar-refractivity contribution in [3.05, 3.63) is 48.0 Å². The molecular weight excluding hydrogens is 326 g/mol. The van der Waals surface area contributed by atoms with E-state index in [1.807, 2.05) is 49.1 Å². The molecule has 0 saturated carbocycles. The lowest BCUT2D eigenvalue weighted by atomic mass is 10.1. The van der Waals surface area contributed by atoms with E-state index in [2.05, 4.69) is 27.1 Å². The van der Waals surface area contributed by atoms with Gasteiger partial charge in [-0.15, -0.1) is 0 Å². The Bertz CT molecular complexity index is 739. The first-order chi connectivity index (χ1) is 12.5. The second-order valence-corrected chi connectivity index (χ2v) is 7.35. The molecule has 1 aromatic heterocycles. The molecule has 6 heteroatoms. The van der Waals surface area contributed by atoms with Crippen molar-refractivity contribution in [1.29, 1.82) is 0 Å². The highest BCUT2D eigenvalue weighted by atomic mass is 16.1. The molecule has 0 bridgehead atoms. The first-order valence-electron chi connectivity index (χ1n) is 9.30. The van der Waals surface area contributed by atoms with Crippen molar-refractivity contribution in [2.75, 3.05) is 34.2 Å². The van der Waals surface area contributed by atoms with Crippen LogP contribution in [0.15, 0.2) is 36.8 Å². The van der Waals surface area contributed by atoms with Gasteiger partial charge in [0, 0.05) is 25.3 Å². The van der Waals surface area contributed by atoms with Gasteiger partial charge < -0.3 is 19.7 Å². The average Bonchev–Trinajstić information content (AvgIpc) is 3.23. The van der Waals surface area contributed by atoms with E-state index < -0.39 is 0 Å². The summed E-state index contributed by atoms with van der Waals surface area (Å²) in [6.07, 6.45) is 7.25. The molecular formula is C20H29N5O. The summed E-state index contributed by atoms with van der Waals surface area (Å²) < 4.78 is 1.93. The maximum Gasteiger partial charge on any atom is 0.253 e. The molecule has 1 amide bonds. The van der Waals surface area contributed by atoms with Crippen LogP contribution in [0.1, 0.15) is 35.3 Å². The number of imidazole rings is 1. The lowest BCUT2D eigenvalue weighted by molar-refractivity contribution is 0.0950. The lowest BCUT2D eigenvalue weighted by Crippen LogP contribution is -2.32. The zero-order chi connectivity index (χ0) is 18.5. The second kappa shape index (κ2) is 8.47. The van der Waals surface area contributed by atoms with Crippen molar-refractivity contribution in [2.45, 2.75) is 31.8 Å². The number of benzene rings is 1. The number of nitrogens with zero attached hydrogens (tertiary/aromatic N) is 4. The fourth-order valence-electron chi connectivity index (χ4n) is 3.58. The molecule has 140 valence electrons. The minimum Gasteiger partial charge on any atom is -0.352 e. The molecule has 0 spiro atoms. The zero-order valence-electron chi connectivity index (χ0n) is 16.0. The third-order valence-electron chi connectivity index (χ3n) is 4.98. The van der Waals surface area contributed by atoms with Gasteiger partial charge in [-0.2, -0.15) is 0 Å². The van der Waals surface area contributed by atoms with Crippen molar-refractivity contribution in [1.82, 2.24) is 24.7 Å². The molecule has 0 aliphatic carbocycles. The van der Waals surface area contributed by atoms with Crippen LogP contribution in [0.5, 0.6) is 0 Å². The number of rotatable bonds is 7. The minimum atomic E-state index is -0.0240. The quantitative estimate of drug-likeness (QED) is 0.827. The molecule has 1 aliphatic heterocycles. The van der Waals surface area contributed by atoms with E-state index in [-0.39, 0.29) is 5.91 Å². The molecule has 0 radical (unpaired) electrons. The number of nitrogens with one attached hydrogen (secondary N) is 1. The molecule has 1 aromatic carbocycles. The summed E-state index contributed by atoms with van der Waals surface area (Å²) in [5, 5.41) is 3.09. The molecule has 6 nitrogen and oxygen atoms in total. The van der Waals surface area contributed by atoms with Gasteiger partial charge in [-0.25, -0.2) is 4.98 Å². The Morgan fingerprint density at radius 3 is 2.88 bits per heavy atom. The van der Waals surface area contributed by atoms with E-state index in [0.717, 1.165) is 30.9 Å². The summed E-state index contributed by atoms with van der Waals surface area (Å²) in [5.74, 6) is -0.0240. The van der Waals surface area contributed by atoms with Crippen LogP contribution in [0, 0.1) is 0 Å². The molecule has 26 heavy (non-hydrogen) atoms. The number of likely N-dealkylation sites (tertiary alicyclic amines) is 1. The topological polar surface area (TPSA) is 53.4 Å². The highest BCUT2D eigenvalue weighted by Crippen LogP contribution is 2.18. The van der Waals surface area contributed by atoms with E-state index >= 15 is 0 Å². The predicted molar refractivity (Wildman–Crippen MR) is 104 cm³/mol. The maximum atomic E-state index is 12.7. The number of amides is 1. The van der Waals surface area contributed by atoms with Gasteiger partial charge in [-0.1, -0.05) is 12.1 Å². The van der Waals surface area contributed by atoms with Crippen molar-refractivity contribution in [3.63, 3.8) is 0 Å². The molecule has 1 N–H and O–H groups in total. The van der Waals surface area contributed by atoms with Crippen LogP contribution < -0.4 is 5.32 Å². The van der Waals surface area contributed by atoms with Gasteiger partial charge >= 0.3 is 0 Å². The van der Waals surface area contributed by atoms with Gasteiger partial charge in [0.2, 0.25) is 0 Å². The predicted octanol–water partition coefficient (Wildman–Crippen LogP) is 2.15. The zero-order valence-corrected chi connectivity index (χ0v) is 16.0. The fraction of sp³-hybridized carbons (Fsp3) is 0.500. The number of hydrogen-bond acceptors (Lipinski definition) is 4. The summed E-state index contributed by atoms with van der Waals surface area (Å²) >= 11 is 0. The third-order valence-corrected chi connectivity index (χ3v) is 4.98. The molecule has 2 heterocycles. The molecule has 2 aromatic rings. The van der Waals surface area contributed by atoms with Gasteiger partial charge in [0.25, 0.3) is 5.91 Å². The second-order valence-electron chi connectivity index (χ2n) is 7.35. The molecule has 0 unspecified atom stereocenters. The van der Waals surface area contributed by atoms with Crippen LogP contribution in [0.2, 0.25) is 0 Å². The van der Waals surface area contributed by atoms with Crippen LogP contribution in [-0.2, 0) is 6.54 Å². The normalized spacial score (nSPS) is 17.8. The van der Waals surface area contributed by atoms with Crippen molar-refractivity contribution < 1.29 is 4.79 Å². The molecule has 1 atom stereocenters. The summed E-state index contributed by atoms with van der Waals surface area (Å²) in [5.41, 5.74) is 2.52. The number of hydrogen-bond donors (Lipinski definition) is 1. The maximum absolute atomic E-state index is 12.7. The smallest absolute Gasteiger partial charge is 0.253 e. The van der Waals surface area contributed by atoms with Crippen LogP contribution in [0.3, 0.4) is 0 Å². The number of para-hydroxylation sites is 1. The lowest BCUT2D eigenvalue weighted by Gasteiger charge is -2.19. The summed E-state index contributed by atoms with van der Waals surface area (Å²) in [4.78, 5) is 21.6. The van der Waals surface area contributed by atoms with E-state index in [9.17, 15) is 4.79 Å². The number of carbonyl (C=O) groups excluding carboxylic acids is 1. The number of carbonyl (C=O) groups is 1. The summed E-state index contributed by atoms with van der Waals surface area (Å²) in [6.45, 7) is 2.64. The van der Waals surface area contributed by atoms with Gasteiger partial charge in [0.1, 0.15) is 0 Å². The Morgan fingerprint density at radius 2 is 2.15 bits per heavy atom. The van der Waals surface area contributed by atoms with Gasteiger partial charge in [-0.05, 0) is 59.1 Å². The highest BCUT2D eigenvalue weighted by molar-refractivity contribution is 5.97. The van der Waals surface area contributed by atoms with Crippen LogP contribution >= 0.6 is 0 Å². The Balaban J connectivity index is 1.66. The molecule has 1 fully saturated rings. The Kier molecular flexibility index (Phi) is 6.06. The first-order valence-corrected chi connectivity index (χ1v) is 9.30. The van der Waals surface area contributed by atoms with Gasteiger partial charge in [0.15, 0.2) is 0 Å². The molecule has 1 saturated heterocycles. The van der Waals surface area contributed by atoms with Crippen molar-refractivity contribution in [2.24, 2.45) is 0 Å². The van der Waals surface area contributed by atoms with Crippen LogP contribution in [-0.4, -0.2) is 65.5 Å². The van der Waals surface area contributed by atoms with Gasteiger partial charge in [-0.3, -0.25) is 4.79 Å². The van der Waals surface area contributed by atoms with Crippen LogP contribution in [0.4, 0.5) is 0 Å². The SMILES string of the molecule is CN(C)Cc1cn(-c2ccccc2C(=O)NCC[C@@H]2CCCN2C)cn1. The molecule has 3 rings (SSSR count). The van der Waals surface area contributed by atoms with Crippen molar-refractivity contribution >= 4 is 5.91 Å². The Morgan fingerprint density at radius 1 is 1.35 bits per heavy atom. The standard InChI is InChI=1S/C20H29N5O/c1-23(2)13-16-14-25(15-22-16)19-9-5-4-8-18(19)20(26)21-11-10-17-7-6-12-24(17)3/h4-5,8-9,14-15,17H,6-7,10-13H2,1-3H3,(H,21,26)/t17-/m0/s1. The minimum absolute atomic E-state index is 0.0240. The monoisotopic (exact) mass is 355 g/mol.